The highest BCUT2D eigenvalue weighted by Gasteiger charge is 2.01. The largest absolute Gasteiger partial charge is 0.394 e. The molecule has 0 radical (unpaired) electrons. The Balaban J connectivity index is 4.45. The first-order valence-electron chi connectivity index (χ1n) is 2.47. The van der Waals surface area contributed by atoms with E-state index in [9.17, 15) is 0 Å². The number of halogens is 1. The van der Waals surface area contributed by atoms with Crippen molar-refractivity contribution in [2.24, 2.45) is 10.7 Å². The van der Waals surface area contributed by atoms with Gasteiger partial charge in [0.2, 0.25) is 0 Å². The molecule has 0 rings (SSSR count). The van der Waals surface area contributed by atoms with Crippen LogP contribution < -0.4 is 11.1 Å². The fourth-order valence-corrected chi connectivity index (χ4v) is 0.561. The van der Waals surface area contributed by atoms with Crippen LogP contribution in [0.25, 0.3) is 0 Å². The summed E-state index contributed by atoms with van der Waals surface area (Å²) in [5, 5.41) is 2.91. The molecule has 0 aromatic carbocycles. The van der Waals surface area contributed by atoms with Crippen LogP contribution in [0.5, 0.6) is 0 Å². The third-order valence-corrected chi connectivity index (χ3v) is 1.57. The monoisotopic (exact) mass is 177 g/mol. The van der Waals surface area contributed by atoms with Crippen molar-refractivity contribution in [2.75, 3.05) is 7.05 Å². The summed E-state index contributed by atoms with van der Waals surface area (Å²) in [4.78, 5) is 3.64. The highest BCUT2D eigenvalue weighted by Crippen LogP contribution is 2.02. The smallest absolute Gasteiger partial charge is 0.151 e. The summed E-state index contributed by atoms with van der Waals surface area (Å²) in [7, 11) is 1.64. The van der Waals surface area contributed by atoms with Gasteiger partial charge in [0.1, 0.15) is 10.9 Å². The first-order chi connectivity index (χ1) is 4.63. The Labute approximate surface area is 70.0 Å². The fraction of sp³-hybridized carbons (Fsp3) is 0.200. The standard InChI is InChI=1S/C5H8ClN3S/c1-8-4(6)3(7)5(10)9-2/h8H,2,7H2,1H3. The maximum atomic E-state index is 5.56. The molecular weight excluding hydrogens is 170 g/mol. The van der Waals surface area contributed by atoms with Gasteiger partial charge in [-0.2, -0.15) is 0 Å². The fourth-order valence-electron chi connectivity index (χ4n) is 0.314. The number of thiocarbonyl (C=S) groups is 1. The summed E-state index contributed by atoms with van der Waals surface area (Å²) in [6.07, 6.45) is 0. The van der Waals surface area contributed by atoms with E-state index >= 15 is 0 Å². The van der Waals surface area contributed by atoms with E-state index in [4.69, 9.17) is 17.3 Å². The molecule has 0 bridgehead atoms. The Morgan fingerprint density at radius 2 is 2.30 bits per heavy atom. The first-order valence-corrected chi connectivity index (χ1v) is 3.26. The number of nitrogens with zero attached hydrogens (tertiary/aromatic N) is 1. The van der Waals surface area contributed by atoms with E-state index in [2.05, 4.69) is 29.2 Å². The van der Waals surface area contributed by atoms with Crippen LogP contribution in [0, 0.1) is 0 Å². The molecule has 0 unspecified atom stereocenters. The van der Waals surface area contributed by atoms with Gasteiger partial charge in [0.15, 0.2) is 4.99 Å². The zero-order valence-corrected chi connectivity index (χ0v) is 7.09. The second-order valence-electron chi connectivity index (χ2n) is 1.44. The Kier molecular flexibility index (Phi) is 3.99. The minimum absolute atomic E-state index is 0.208. The Morgan fingerprint density at radius 1 is 1.80 bits per heavy atom. The van der Waals surface area contributed by atoms with Crippen LogP contribution in [-0.2, 0) is 0 Å². The van der Waals surface area contributed by atoms with Gasteiger partial charge in [0.05, 0.1) is 0 Å². The maximum absolute atomic E-state index is 5.56. The zero-order chi connectivity index (χ0) is 8.15. The van der Waals surface area contributed by atoms with Crippen molar-refractivity contribution in [1.29, 1.82) is 0 Å². The van der Waals surface area contributed by atoms with Crippen LogP contribution in [0.15, 0.2) is 15.8 Å². The number of nitrogens with two attached hydrogens (primary N) is 1. The summed E-state index contributed by atoms with van der Waals surface area (Å²) in [6, 6.07) is 0. The molecule has 56 valence electrons. The maximum Gasteiger partial charge on any atom is 0.151 e. The van der Waals surface area contributed by atoms with Gasteiger partial charge in [0.25, 0.3) is 0 Å². The van der Waals surface area contributed by atoms with Gasteiger partial charge in [-0.3, -0.25) is 4.99 Å². The Bertz CT molecular complexity index is 187. The van der Waals surface area contributed by atoms with Gasteiger partial charge >= 0.3 is 0 Å². The first kappa shape index (κ1) is 9.39. The number of rotatable bonds is 2. The summed E-state index contributed by atoms with van der Waals surface area (Å²) >= 11 is 10.2. The SMILES string of the molecule is C=NC(=S)C(N)=C(Cl)NC. The molecule has 0 aromatic heterocycles. The molecule has 3 N–H and O–H groups in total. The van der Waals surface area contributed by atoms with E-state index in [1.54, 1.807) is 7.05 Å². The van der Waals surface area contributed by atoms with Crippen LogP contribution in [0.2, 0.25) is 0 Å². The molecule has 3 nitrogen and oxygen atoms in total. The average molecular weight is 178 g/mol. The minimum Gasteiger partial charge on any atom is -0.394 e. The van der Waals surface area contributed by atoms with E-state index in [1.165, 1.54) is 0 Å². The minimum atomic E-state index is 0.208. The van der Waals surface area contributed by atoms with Gasteiger partial charge in [-0.05, 0) is 6.72 Å². The third kappa shape index (κ3) is 2.33. The molecule has 0 aliphatic carbocycles. The van der Waals surface area contributed by atoms with E-state index < -0.39 is 0 Å². The normalized spacial score (nSPS) is 11.8. The van der Waals surface area contributed by atoms with Crippen molar-refractivity contribution >= 4 is 35.5 Å². The predicted molar refractivity (Wildman–Crippen MR) is 48.3 cm³/mol. The second-order valence-corrected chi connectivity index (χ2v) is 2.21. The molecule has 0 saturated heterocycles. The third-order valence-electron chi connectivity index (χ3n) is 0.830. The number of hydrogen-bond donors (Lipinski definition) is 2. The Hall–Kier alpha value is -0.610. The summed E-state index contributed by atoms with van der Waals surface area (Å²) in [6.45, 7) is 3.21. The Morgan fingerprint density at radius 3 is 2.60 bits per heavy atom. The molecule has 0 aromatic rings. The lowest BCUT2D eigenvalue weighted by Crippen LogP contribution is -2.14. The number of aliphatic imine (C=N–C) groups is 1. The molecule has 0 spiro atoms. The van der Waals surface area contributed by atoms with E-state index in [0.29, 0.717) is 0 Å². The zero-order valence-electron chi connectivity index (χ0n) is 5.52. The van der Waals surface area contributed by atoms with Gasteiger partial charge < -0.3 is 11.1 Å². The van der Waals surface area contributed by atoms with Crippen molar-refractivity contribution in [3.8, 4) is 0 Å². The summed E-state index contributed by atoms with van der Waals surface area (Å²) in [5.74, 6) is 0. The quantitative estimate of drug-likeness (QED) is 0.281. The highest BCUT2D eigenvalue weighted by molar-refractivity contribution is 7.80. The topological polar surface area (TPSA) is 50.4 Å². The molecule has 0 aliphatic rings. The average Bonchev–Trinajstić information content (AvgIpc) is 2.00. The molecule has 10 heavy (non-hydrogen) atoms. The van der Waals surface area contributed by atoms with Gasteiger partial charge in [-0.25, -0.2) is 0 Å². The predicted octanol–water partition coefficient (Wildman–Crippen LogP) is 0.600. The molecule has 0 amide bonds. The van der Waals surface area contributed by atoms with Crippen LogP contribution in [0.3, 0.4) is 0 Å². The number of hydrogen-bond acceptors (Lipinski definition) is 3. The van der Waals surface area contributed by atoms with Crippen LogP contribution in [-0.4, -0.2) is 18.8 Å². The molecule has 0 fully saturated rings. The molecule has 5 heteroatoms. The highest BCUT2D eigenvalue weighted by atomic mass is 35.5. The van der Waals surface area contributed by atoms with Crippen LogP contribution in [0.4, 0.5) is 0 Å². The van der Waals surface area contributed by atoms with Gasteiger partial charge in [-0.1, -0.05) is 23.8 Å². The van der Waals surface area contributed by atoms with Crippen molar-refractivity contribution in [3.05, 3.63) is 10.9 Å². The van der Waals surface area contributed by atoms with Gasteiger partial charge in [0, 0.05) is 7.05 Å². The lowest BCUT2D eigenvalue weighted by atomic mass is 10.5. The number of nitrogens with one attached hydrogen (secondary N) is 1. The van der Waals surface area contributed by atoms with Gasteiger partial charge in [-0.15, -0.1) is 0 Å². The van der Waals surface area contributed by atoms with Crippen LogP contribution in [0.1, 0.15) is 0 Å². The summed E-state index contributed by atoms with van der Waals surface area (Å²) in [5.41, 5.74) is 5.64. The molecule has 0 saturated carbocycles. The van der Waals surface area contributed by atoms with Crippen molar-refractivity contribution in [1.82, 2.24) is 5.32 Å². The molecule has 0 aliphatic heterocycles. The second kappa shape index (κ2) is 4.24. The molecule has 0 heterocycles. The van der Waals surface area contributed by atoms with Crippen molar-refractivity contribution in [3.63, 3.8) is 0 Å². The van der Waals surface area contributed by atoms with Crippen molar-refractivity contribution < 1.29 is 0 Å². The lowest BCUT2D eigenvalue weighted by Gasteiger charge is -2.00. The summed E-state index contributed by atoms with van der Waals surface area (Å²) < 4.78 is 0. The molecule has 0 atom stereocenters. The van der Waals surface area contributed by atoms with Crippen molar-refractivity contribution in [2.45, 2.75) is 0 Å². The van der Waals surface area contributed by atoms with Crippen LogP contribution >= 0.6 is 23.8 Å². The van der Waals surface area contributed by atoms with E-state index in [-0.39, 0.29) is 15.8 Å². The molecular formula is C5H8ClN3S. The van der Waals surface area contributed by atoms with E-state index in [0.717, 1.165) is 0 Å². The van der Waals surface area contributed by atoms with E-state index in [1.807, 2.05) is 0 Å². The lowest BCUT2D eigenvalue weighted by molar-refractivity contribution is 1.05.